The Bertz CT molecular complexity index is 1740. The van der Waals surface area contributed by atoms with Crippen molar-refractivity contribution < 1.29 is 23.2 Å². The topological polar surface area (TPSA) is 141 Å². The lowest BCUT2D eigenvalue weighted by Crippen LogP contribution is -2.34. The number of benzene rings is 2. The van der Waals surface area contributed by atoms with Crippen LogP contribution >= 0.6 is 0 Å². The molecular formula is C36H38F2N6O3. The summed E-state index contributed by atoms with van der Waals surface area (Å²) >= 11 is 0. The highest BCUT2D eigenvalue weighted by Gasteiger charge is 2.46. The van der Waals surface area contributed by atoms with Gasteiger partial charge in [0.25, 0.3) is 5.91 Å². The van der Waals surface area contributed by atoms with Crippen LogP contribution in [0.4, 0.5) is 8.78 Å². The summed E-state index contributed by atoms with van der Waals surface area (Å²) < 4.78 is 24.2. The zero-order valence-corrected chi connectivity index (χ0v) is 26.5. The summed E-state index contributed by atoms with van der Waals surface area (Å²) in [5, 5.41) is 1.88. The molecule has 0 unspecified atom stereocenters. The van der Waals surface area contributed by atoms with E-state index in [-0.39, 0.29) is 28.7 Å². The molecule has 9 nitrogen and oxygen atoms in total. The van der Waals surface area contributed by atoms with Crippen molar-refractivity contribution in [2.24, 2.45) is 5.73 Å². The van der Waals surface area contributed by atoms with Gasteiger partial charge >= 0.3 is 6.43 Å². The van der Waals surface area contributed by atoms with Crippen LogP contribution in [0.25, 0.3) is 0 Å². The molecule has 6 rings (SSSR count). The molecule has 2 fully saturated rings. The zero-order valence-electron chi connectivity index (χ0n) is 26.5. The first-order chi connectivity index (χ1) is 22.6. The third-order valence-electron chi connectivity index (χ3n) is 8.99. The van der Waals surface area contributed by atoms with E-state index >= 15 is 0 Å². The van der Waals surface area contributed by atoms with Gasteiger partial charge in [-0.15, -0.1) is 0 Å². The first-order valence-electron chi connectivity index (χ1n) is 15.6. The fourth-order valence-electron chi connectivity index (χ4n) is 5.97. The number of hydrogen-bond acceptors (Lipinski definition) is 8. The maximum atomic E-state index is 12.1. The molecule has 0 radical (unpaired) electrons. The van der Waals surface area contributed by atoms with Gasteiger partial charge in [0, 0.05) is 48.5 Å². The second-order valence-corrected chi connectivity index (χ2v) is 12.4. The van der Waals surface area contributed by atoms with Crippen LogP contribution in [0.15, 0.2) is 73.3 Å². The number of halogens is 2. The van der Waals surface area contributed by atoms with Gasteiger partial charge in [-0.05, 0) is 61.8 Å². The summed E-state index contributed by atoms with van der Waals surface area (Å²) in [4.78, 5) is 51.4. The molecule has 2 aliphatic rings. The number of nitrogens with zero attached hydrogens (tertiary/aromatic N) is 4. The minimum atomic E-state index is -3.14. The van der Waals surface area contributed by atoms with Crippen LogP contribution in [0.5, 0.6) is 0 Å². The number of alkyl halides is 2. The van der Waals surface area contributed by atoms with Gasteiger partial charge in [0.2, 0.25) is 0 Å². The lowest BCUT2D eigenvalue weighted by atomic mass is 9.89. The quantitative estimate of drug-likeness (QED) is 0.210. The van der Waals surface area contributed by atoms with Crippen molar-refractivity contribution in [3.8, 4) is 0 Å². The third kappa shape index (κ3) is 8.15. The summed E-state index contributed by atoms with van der Waals surface area (Å²) in [6.45, 7) is 3.74. The molecule has 0 atom stereocenters. The van der Waals surface area contributed by atoms with Gasteiger partial charge < -0.3 is 11.1 Å². The second-order valence-electron chi connectivity index (χ2n) is 12.4. The molecular weight excluding hydrogens is 602 g/mol. The molecule has 244 valence electrons. The average Bonchev–Trinajstić information content (AvgIpc) is 4.02. The fraction of sp³-hybridized carbons (Fsp3) is 0.361. The van der Waals surface area contributed by atoms with Crippen molar-refractivity contribution in [2.75, 3.05) is 13.1 Å². The van der Waals surface area contributed by atoms with E-state index in [4.69, 9.17) is 5.73 Å². The number of hydrogen-bond donors (Lipinski definition) is 2. The number of carbonyl (C=O) groups is 3. The summed E-state index contributed by atoms with van der Waals surface area (Å²) in [7, 11) is 0. The Kier molecular flexibility index (Phi) is 10.2. The standard InChI is InChI=1S/C19H19F2N3O2.C17H19N3O/c1-12-4-2-3-5-14(12)19(6-7-19)8-16-22-9-13(10-23-16)15(25)11-24-18(26)17(20)21;1-12-4-2-3-5-14(12)17(6-7-17)8-16-19-10-13(11-20-16)15(21)9-18/h2-5,9-10,17H,6-8,11H2,1H3,(H,24,26);2-5,10-11H,6-9,18H2,1H3. The molecule has 2 aliphatic carbocycles. The van der Waals surface area contributed by atoms with E-state index in [2.05, 4.69) is 70.2 Å². The summed E-state index contributed by atoms with van der Waals surface area (Å²) in [6, 6.07) is 16.8. The number of rotatable bonds is 12. The smallest absolute Gasteiger partial charge is 0.315 e. The Morgan fingerprint density at radius 2 is 1.13 bits per heavy atom. The van der Waals surface area contributed by atoms with Crippen LogP contribution in [0, 0.1) is 13.8 Å². The molecule has 3 N–H and O–H groups in total. The summed E-state index contributed by atoms with van der Waals surface area (Å²) in [5.74, 6) is -0.666. The van der Waals surface area contributed by atoms with E-state index in [1.807, 2.05) is 17.4 Å². The third-order valence-corrected chi connectivity index (χ3v) is 8.99. The normalized spacial score (nSPS) is 15.3. The molecule has 47 heavy (non-hydrogen) atoms. The molecule has 2 saturated carbocycles. The first-order valence-corrected chi connectivity index (χ1v) is 15.6. The lowest BCUT2D eigenvalue weighted by Gasteiger charge is -2.17. The number of nitrogens with one attached hydrogen (secondary N) is 1. The molecule has 2 heterocycles. The van der Waals surface area contributed by atoms with Gasteiger partial charge in [0.15, 0.2) is 11.6 Å². The van der Waals surface area contributed by atoms with Crippen LogP contribution < -0.4 is 11.1 Å². The fourth-order valence-corrected chi connectivity index (χ4v) is 5.97. The van der Waals surface area contributed by atoms with Crippen LogP contribution in [0.2, 0.25) is 0 Å². The number of Topliss-reactive ketones (excluding diaryl/α,β-unsaturated/α-hetero) is 2. The maximum absolute atomic E-state index is 12.1. The van der Waals surface area contributed by atoms with E-state index in [0.717, 1.165) is 25.1 Å². The van der Waals surface area contributed by atoms with Crippen LogP contribution in [-0.2, 0) is 28.5 Å². The van der Waals surface area contributed by atoms with E-state index in [1.165, 1.54) is 47.5 Å². The minimum Gasteiger partial charge on any atom is -0.344 e. The zero-order chi connectivity index (χ0) is 33.6. The van der Waals surface area contributed by atoms with Crippen LogP contribution in [0.3, 0.4) is 0 Å². The Morgan fingerprint density at radius 1 is 0.723 bits per heavy atom. The predicted octanol–water partition coefficient (Wildman–Crippen LogP) is 4.82. The summed E-state index contributed by atoms with van der Waals surface area (Å²) in [6.07, 6.45) is 8.80. The first kappa shape index (κ1) is 33.6. The van der Waals surface area contributed by atoms with E-state index in [0.29, 0.717) is 17.8 Å². The van der Waals surface area contributed by atoms with Gasteiger partial charge in [-0.2, -0.15) is 8.78 Å². The Balaban J connectivity index is 0.000000189. The summed E-state index contributed by atoms with van der Waals surface area (Å²) in [5.41, 5.74) is 11.5. The Labute approximate surface area is 272 Å². The van der Waals surface area contributed by atoms with Crippen molar-refractivity contribution in [1.82, 2.24) is 25.3 Å². The van der Waals surface area contributed by atoms with Crippen molar-refractivity contribution in [3.05, 3.63) is 118 Å². The number of amides is 1. The maximum Gasteiger partial charge on any atom is 0.315 e. The molecule has 0 aliphatic heterocycles. The number of nitrogens with two attached hydrogens (primary N) is 1. The monoisotopic (exact) mass is 640 g/mol. The molecule has 2 aromatic heterocycles. The van der Waals surface area contributed by atoms with Crippen molar-refractivity contribution in [1.29, 1.82) is 0 Å². The highest BCUT2D eigenvalue weighted by atomic mass is 19.3. The van der Waals surface area contributed by atoms with E-state index < -0.39 is 24.7 Å². The molecule has 11 heteroatoms. The number of carbonyl (C=O) groups excluding carboxylic acids is 3. The van der Waals surface area contributed by atoms with Crippen LogP contribution in [-0.4, -0.2) is 56.9 Å². The lowest BCUT2D eigenvalue weighted by molar-refractivity contribution is -0.131. The van der Waals surface area contributed by atoms with Crippen molar-refractivity contribution >= 4 is 17.5 Å². The molecule has 0 spiro atoms. The van der Waals surface area contributed by atoms with Crippen molar-refractivity contribution in [2.45, 2.75) is 69.6 Å². The van der Waals surface area contributed by atoms with Crippen LogP contribution in [0.1, 0.15) is 80.3 Å². The highest BCUT2D eigenvalue weighted by Crippen LogP contribution is 2.52. The molecule has 0 bridgehead atoms. The second kappa shape index (κ2) is 14.3. The van der Waals surface area contributed by atoms with Crippen molar-refractivity contribution in [3.63, 3.8) is 0 Å². The number of ketones is 2. The minimum absolute atomic E-state index is 0.00411. The van der Waals surface area contributed by atoms with Gasteiger partial charge in [0.1, 0.15) is 11.6 Å². The van der Waals surface area contributed by atoms with Gasteiger partial charge in [-0.1, -0.05) is 48.5 Å². The van der Waals surface area contributed by atoms with E-state index in [1.54, 1.807) is 12.4 Å². The average molecular weight is 641 g/mol. The molecule has 1 amide bonds. The van der Waals surface area contributed by atoms with Gasteiger partial charge in [0.05, 0.1) is 24.2 Å². The molecule has 0 saturated heterocycles. The van der Waals surface area contributed by atoms with Gasteiger partial charge in [-0.3, -0.25) is 14.4 Å². The van der Waals surface area contributed by atoms with E-state index in [9.17, 15) is 23.2 Å². The number of aromatic nitrogens is 4. The molecule has 2 aromatic carbocycles. The largest absolute Gasteiger partial charge is 0.344 e. The predicted molar refractivity (Wildman–Crippen MR) is 172 cm³/mol. The molecule has 4 aromatic rings. The Morgan fingerprint density at radius 3 is 1.49 bits per heavy atom. The highest BCUT2D eigenvalue weighted by molar-refractivity contribution is 5.99. The SMILES string of the molecule is Cc1ccccc1C1(Cc2ncc(C(=O)CN)cn2)CC1.Cc1ccccc1C1(Cc2ncc(C(=O)CNC(=O)C(F)F)cn2)CC1. The van der Waals surface area contributed by atoms with Gasteiger partial charge in [-0.25, -0.2) is 19.9 Å². The number of aryl methyl sites for hydroxylation is 2. The Hall–Kier alpha value is -4.77.